The number of aryl methyl sites for hydroxylation is 2. The van der Waals surface area contributed by atoms with Gasteiger partial charge in [0.05, 0.1) is 5.56 Å². The molecule has 1 aliphatic heterocycles. The molecule has 2 atom stereocenters. The second-order valence-electron chi connectivity index (χ2n) is 5.44. The number of pyridine rings is 1. The third-order valence-corrected chi connectivity index (χ3v) is 5.65. The Labute approximate surface area is 119 Å². The van der Waals surface area contributed by atoms with E-state index in [0.717, 1.165) is 36.5 Å². The Kier molecular flexibility index (Phi) is 3.40. The predicted molar refractivity (Wildman–Crippen MR) is 79.7 cm³/mol. The molecule has 0 radical (unpaired) electrons. The first-order valence-corrected chi connectivity index (χ1v) is 8.06. The summed E-state index contributed by atoms with van der Waals surface area (Å²) >= 11 is 2.01. The van der Waals surface area contributed by atoms with Crippen molar-refractivity contribution in [1.29, 1.82) is 5.26 Å². The van der Waals surface area contributed by atoms with Crippen LogP contribution >= 0.6 is 11.8 Å². The second-order valence-corrected chi connectivity index (χ2v) is 6.93. The molecule has 0 spiro atoms. The van der Waals surface area contributed by atoms with Gasteiger partial charge < -0.3 is 4.90 Å². The molecular formula is C15H19N3S. The summed E-state index contributed by atoms with van der Waals surface area (Å²) in [6, 6.07) is 4.86. The number of hydrogen-bond acceptors (Lipinski definition) is 4. The fourth-order valence-electron chi connectivity index (χ4n) is 2.99. The van der Waals surface area contributed by atoms with Crippen LogP contribution in [-0.2, 0) is 12.8 Å². The SMILES string of the molecule is CC1SCCN(c2nc3c(cc2C#N)CCC3)C1C. The van der Waals surface area contributed by atoms with E-state index < -0.39 is 0 Å². The molecule has 100 valence electrons. The van der Waals surface area contributed by atoms with Crippen LogP contribution in [0.15, 0.2) is 6.07 Å². The van der Waals surface area contributed by atoms with Crippen molar-refractivity contribution in [3.05, 3.63) is 22.9 Å². The molecule has 1 fully saturated rings. The van der Waals surface area contributed by atoms with Gasteiger partial charge in [0.15, 0.2) is 0 Å². The number of hydrogen-bond donors (Lipinski definition) is 0. The third kappa shape index (κ3) is 2.21. The molecule has 1 saturated heterocycles. The Morgan fingerprint density at radius 3 is 3.05 bits per heavy atom. The molecular weight excluding hydrogens is 254 g/mol. The van der Waals surface area contributed by atoms with Gasteiger partial charge in [-0.05, 0) is 37.8 Å². The number of rotatable bonds is 1. The fraction of sp³-hybridized carbons (Fsp3) is 0.600. The summed E-state index contributed by atoms with van der Waals surface area (Å²) in [4.78, 5) is 7.16. The Bertz CT molecular complexity index is 535. The lowest BCUT2D eigenvalue weighted by molar-refractivity contribution is 0.618. The van der Waals surface area contributed by atoms with Crippen LogP contribution in [0.4, 0.5) is 5.82 Å². The van der Waals surface area contributed by atoms with Crippen LogP contribution in [0, 0.1) is 11.3 Å². The average molecular weight is 273 g/mol. The van der Waals surface area contributed by atoms with Crippen molar-refractivity contribution in [2.24, 2.45) is 0 Å². The first-order chi connectivity index (χ1) is 9.20. The van der Waals surface area contributed by atoms with E-state index in [1.54, 1.807) is 0 Å². The first kappa shape index (κ1) is 12.8. The molecule has 2 unspecified atom stereocenters. The van der Waals surface area contributed by atoms with E-state index in [4.69, 9.17) is 4.98 Å². The lowest BCUT2D eigenvalue weighted by atomic mass is 10.1. The minimum atomic E-state index is 0.442. The molecule has 0 aromatic carbocycles. The molecule has 19 heavy (non-hydrogen) atoms. The predicted octanol–water partition coefficient (Wildman–Crippen LogP) is 2.77. The highest BCUT2D eigenvalue weighted by molar-refractivity contribution is 8.00. The molecule has 1 aromatic heterocycles. The number of anilines is 1. The van der Waals surface area contributed by atoms with E-state index in [1.807, 2.05) is 11.8 Å². The highest BCUT2D eigenvalue weighted by atomic mass is 32.2. The lowest BCUT2D eigenvalue weighted by Gasteiger charge is -2.38. The molecule has 4 heteroatoms. The molecule has 1 aliphatic carbocycles. The van der Waals surface area contributed by atoms with Crippen molar-refractivity contribution in [2.45, 2.75) is 44.4 Å². The summed E-state index contributed by atoms with van der Waals surface area (Å²) in [5.74, 6) is 2.04. The Hall–Kier alpha value is -1.21. The molecule has 0 amide bonds. The van der Waals surface area contributed by atoms with Gasteiger partial charge in [-0.2, -0.15) is 17.0 Å². The minimum absolute atomic E-state index is 0.442. The van der Waals surface area contributed by atoms with Crippen molar-refractivity contribution in [2.75, 3.05) is 17.2 Å². The molecule has 0 saturated carbocycles. The summed E-state index contributed by atoms with van der Waals surface area (Å²) in [5.41, 5.74) is 3.26. The van der Waals surface area contributed by atoms with Crippen molar-refractivity contribution in [3.63, 3.8) is 0 Å². The summed E-state index contributed by atoms with van der Waals surface area (Å²) in [5, 5.41) is 10.0. The highest BCUT2D eigenvalue weighted by Crippen LogP contribution is 2.32. The number of fused-ring (bicyclic) bond motifs is 1. The van der Waals surface area contributed by atoms with Gasteiger partial charge in [-0.25, -0.2) is 4.98 Å². The van der Waals surface area contributed by atoms with Crippen LogP contribution in [0.2, 0.25) is 0 Å². The van der Waals surface area contributed by atoms with Crippen LogP contribution in [0.25, 0.3) is 0 Å². The van der Waals surface area contributed by atoms with Crippen molar-refractivity contribution >= 4 is 17.6 Å². The van der Waals surface area contributed by atoms with Crippen molar-refractivity contribution in [3.8, 4) is 6.07 Å². The molecule has 0 N–H and O–H groups in total. The van der Waals surface area contributed by atoms with Gasteiger partial charge in [-0.1, -0.05) is 6.92 Å². The zero-order chi connectivity index (χ0) is 13.4. The summed E-state index contributed by atoms with van der Waals surface area (Å²) in [7, 11) is 0. The Morgan fingerprint density at radius 1 is 1.42 bits per heavy atom. The van der Waals surface area contributed by atoms with Crippen LogP contribution in [-0.4, -0.2) is 28.6 Å². The van der Waals surface area contributed by atoms with E-state index in [1.165, 1.54) is 17.7 Å². The average Bonchev–Trinajstić information content (AvgIpc) is 2.87. The van der Waals surface area contributed by atoms with Crippen LogP contribution < -0.4 is 4.90 Å². The zero-order valence-electron chi connectivity index (χ0n) is 11.5. The number of nitriles is 1. The molecule has 2 aliphatic rings. The highest BCUT2D eigenvalue weighted by Gasteiger charge is 2.29. The van der Waals surface area contributed by atoms with E-state index in [2.05, 4.69) is 30.9 Å². The number of aromatic nitrogens is 1. The molecule has 3 rings (SSSR count). The van der Waals surface area contributed by atoms with Crippen LogP contribution in [0.5, 0.6) is 0 Å². The first-order valence-electron chi connectivity index (χ1n) is 7.02. The molecule has 3 nitrogen and oxygen atoms in total. The van der Waals surface area contributed by atoms with E-state index in [-0.39, 0.29) is 0 Å². The van der Waals surface area contributed by atoms with Gasteiger partial charge >= 0.3 is 0 Å². The minimum Gasteiger partial charge on any atom is -0.351 e. The number of thioether (sulfide) groups is 1. The van der Waals surface area contributed by atoms with Crippen LogP contribution in [0.3, 0.4) is 0 Å². The monoisotopic (exact) mass is 273 g/mol. The van der Waals surface area contributed by atoms with E-state index >= 15 is 0 Å². The van der Waals surface area contributed by atoms with Gasteiger partial charge in [0, 0.05) is 29.3 Å². The molecule has 1 aromatic rings. The van der Waals surface area contributed by atoms with Gasteiger partial charge in [0.1, 0.15) is 11.9 Å². The lowest BCUT2D eigenvalue weighted by Crippen LogP contribution is -2.45. The van der Waals surface area contributed by atoms with E-state index in [9.17, 15) is 5.26 Å². The standard InChI is InChI=1S/C15H19N3S/c1-10-11(2)19-7-6-18(10)15-13(9-16)8-12-4-3-5-14(12)17-15/h8,10-11H,3-7H2,1-2H3. The number of nitrogens with zero attached hydrogens (tertiary/aromatic N) is 3. The maximum Gasteiger partial charge on any atom is 0.147 e. The second kappa shape index (κ2) is 5.05. The van der Waals surface area contributed by atoms with Gasteiger partial charge in [0.2, 0.25) is 0 Å². The quantitative estimate of drug-likeness (QED) is 0.789. The smallest absolute Gasteiger partial charge is 0.147 e. The molecule has 0 bridgehead atoms. The Balaban J connectivity index is 2.02. The summed E-state index contributed by atoms with van der Waals surface area (Å²) < 4.78 is 0. The van der Waals surface area contributed by atoms with Gasteiger partial charge in [0.25, 0.3) is 0 Å². The summed E-state index contributed by atoms with van der Waals surface area (Å²) in [6.45, 7) is 5.50. The van der Waals surface area contributed by atoms with Gasteiger partial charge in [-0.15, -0.1) is 0 Å². The topological polar surface area (TPSA) is 39.9 Å². The fourth-order valence-corrected chi connectivity index (χ4v) is 4.09. The van der Waals surface area contributed by atoms with Crippen molar-refractivity contribution < 1.29 is 0 Å². The zero-order valence-corrected chi connectivity index (χ0v) is 12.3. The largest absolute Gasteiger partial charge is 0.351 e. The van der Waals surface area contributed by atoms with Crippen LogP contribution in [0.1, 0.15) is 37.1 Å². The molecule has 2 heterocycles. The Morgan fingerprint density at radius 2 is 2.26 bits per heavy atom. The normalized spacial score (nSPS) is 26.1. The third-order valence-electron chi connectivity index (χ3n) is 4.31. The van der Waals surface area contributed by atoms with E-state index in [0.29, 0.717) is 11.3 Å². The van der Waals surface area contributed by atoms with Crippen molar-refractivity contribution in [1.82, 2.24) is 4.98 Å². The summed E-state index contributed by atoms with van der Waals surface area (Å²) in [6.07, 6.45) is 3.33. The van der Waals surface area contributed by atoms with Gasteiger partial charge in [-0.3, -0.25) is 0 Å². The maximum atomic E-state index is 9.41. The maximum absolute atomic E-state index is 9.41.